The van der Waals surface area contributed by atoms with Crippen molar-refractivity contribution in [3.8, 4) is 0 Å². The molecule has 0 aliphatic carbocycles. The van der Waals surface area contributed by atoms with Crippen molar-refractivity contribution < 1.29 is 9.59 Å². The predicted molar refractivity (Wildman–Crippen MR) is 44.2 cm³/mol. The topological polar surface area (TPSA) is 63.4 Å². The first-order valence-corrected chi connectivity index (χ1v) is 4.22. The van der Waals surface area contributed by atoms with Crippen LogP contribution in [0.2, 0.25) is 0 Å². The molecule has 1 fully saturated rings. The number of primary amides is 1. The van der Waals surface area contributed by atoms with E-state index in [4.69, 9.17) is 5.73 Å². The van der Waals surface area contributed by atoms with Crippen molar-refractivity contribution >= 4 is 11.8 Å². The molecule has 0 aromatic carbocycles. The fourth-order valence-corrected chi connectivity index (χ4v) is 1.45. The molecule has 0 saturated carbocycles. The number of nitrogens with two attached hydrogens (primary N) is 1. The van der Waals surface area contributed by atoms with E-state index in [0.717, 1.165) is 13.0 Å². The minimum absolute atomic E-state index is 0.0562. The van der Waals surface area contributed by atoms with Crippen LogP contribution in [0.4, 0.5) is 0 Å². The lowest BCUT2D eigenvalue weighted by Gasteiger charge is -2.13. The summed E-state index contributed by atoms with van der Waals surface area (Å²) in [7, 11) is 0. The Kier molecular flexibility index (Phi) is 2.68. The normalized spacial score (nSPS) is 23.2. The Morgan fingerprint density at radius 3 is 2.83 bits per heavy atom. The van der Waals surface area contributed by atoms with Gasteiger partial charge in [-0.05, 0) is 6.42 Å². The summed E-state index contributed by atoms with van der Waals surface area (Å²) in [6, 6.07) is 0. The third kappa shape index (κ3) is 1.75. The van der Waals surface area contributed by atoms with Crippen LogP contribution in [0.3, 0.4) is 0 Å². The Morgan fingerprint density at radius 1 is 1.75 bits per heavy atom. The first kappa shape index (κ1) is 9.03. The summed E-state index contributed by atoms with van der Waals surface area (Å²) in [5.41, 5.74) is 5.10. The van der Waals surface area contributed by atoms with Gasteiger partial charge in [0.2, 0.25) is 11.8 Å². The van der Waals surface area contributed by atoms with E-state index in [1.807, 2.05) is 6.92 Å². The molecule has 1 atom stereocenters. The van der Waals surface area contributed by atoms with Gasteiger partial charge in [0.05, 0.1) is 5.92 Å². The zero-order valence-corrected chi connectivity index (χ0v) is 7.25. The fourth-order valence-electron chi connectivity index (χ4n) is 1.45. The van der Waals surface area contributed by atoms with Gasteiger partial charge in [0.1, 0.15) is 0 Å². The molecule has 0 spiro atoms. The minimum atomic E-state index is -0.359. The van der Waals surface area contributed by atoms with E-state index in [1.54, 1.807) is 4.90 Å². The van der Waals surface area contributed by atoms with E-state index in [9.17, 15) is 9.59 Å². The van der Waals surface area contributed by atoms with Crippen LogP contribution in [-0.2, 0) is 9.59 Å². The molecule has 1 saturated heterocycles. The summed E-state index contributed by atoms with van der Waals surface area (Å²) in [5, 5.41) is 0. The number of carbonyl (C=O) groups is 2. The van der Waals surface area contributed by atoms with E-state index >= 15 is 0 Å². The molecule has 1 aliphatic heterocycles. The number of carbonyl (C=O) groups excluding carboxylic acids is 2. The van der Waals surface area contributed by atoms with Crippen LogP contribution in [0.5, 0.6) is 0 Å². The van der Waals surface area contributed by atoms with Crippen molar-refractivity contribution in [2.45, 2.75) is 19.8 Å². The summed E-state index contributed by atoms with van der Waals surface area (Å²) in [4.78, 5) is 23.6. The van der Waals surface area contributed by atoms with Crippen LogP contribution in [0, 0.1) is 5.92 Å². The molecule has 1 rings (SSSR count). The third-order valence-corrected chi connectivity index (χ3v) is 2.11. The number of amides is 2. The second-order valence-electron chi connectivity index (χ2n) is 3.14. The van der Waals surface area contributed by atoms with Crippen molar-refractivity contribution in [1.82, 2.24) is 4.90 Å². The minimum Gasteiger partial charge on any atom is -0.369 e. The smallest absolute Gasteiger partial charge is 0.223 e. The lowest BCUT2D eigenvalue weighted by atomic mass is 10.1. The molecular formula is C8H14N2O2. The Labute approximate surface area is 71.7 Å². The number of rotatable bonds is 3. The SMILES string of the molecule is CCCN1C[C@H](C(N)=O)CC1=O. The van der Waals surface area contributed by atoms with E-state index in [0.29, 0.717) is 13.0 Å². The molecule has 1 heterocycles. The van der Waals surface area contributed by atoms with Gasteiger partial charge >= 0.3 is 0 Å². The molecule has 2 amide bonds. The highest BCUT2D eigenvalue weighted by molar-refractivity contribution is 5.88. The van der Waals surface area contributed by atoms with Crippen molar-refractivity contribution in [1.29, 1.82) is 0 Å². The molecule has 0 aromatic heterocycles. The second kappa shape index (κ2) is 3.56. The summed E-state index contributed by atoms with van der Waals surface area (Å²) >= 11 is 0. The zero-order valence-electron chi connectivity index (χ0n) is 7.25. The largest absolute Gasteiger partial charge is 0.369 e. The van der Waals surface area contributed by atoms with Crippen LogP contribution in [0.1, 0.15) is 19.8 Å². The molecular weight excluding hydrogens is 156 g/mol. The van der Waals surface area contributed by atoms with Gasteiger partial charge in [0.15, 0.2) is 0 Å². The van der Waals surface area contributed by atoms with Crippen molar-refractivity contribution in [2.75, 3.05) is 13.1 Å². The highest BCUT2D eigenvalue weighted by atomic mass is 16.2. The zero-order chi connectivity index (χ0) is 9.14. The number of hydrogen-bond donors (Lipinski definition) is 1. The molecule has 1 aliphatic rings. The van der Waals surface area contributed by atoms with Crippen LogP contribution >= 0.6 is 0 Å². The maximum absolute atomic E-state index is 11.2. The van der Waals surface area contributed by atoms with Crippen LogP contribution in [-0.4, -0.2) is 29.8 Å². The molecule has 68 valence electrons. The van der Waals surface area contributed by atoms with Crippen LogP contribution < -0.4 is 5.73 Å². The predicted octanol–water partition coefficient (Wildman–Crippen LogP) is -0.270. The molecule has 4 heteroatoms. The maximum Gasteiger partial charge on any atom is 0.223 e. The lowest BCUT2D eigenvalue weighted by Crippen LogP contribution is -2.29. The average molecular weight is 170 g/mol. The van der Waals surface area contributed by atoms with E-state index in [-0.39, 0.29) is 17.7 Å². The second-order valence-corrected chi connectivity index (χ2v) is 3.14. The van der Waals surface area contributed by atoms with E-state index in [2.05, 4.69) is 0 Å². The molecule has 2 N–H and O–H groups in total. The summed E-state index contributed by atoms with van der Waals surface area (Å²) in [5.74, 6) is -0.563. The highest BCUT2D eigenvalue weighted by Gasteiger charge is 2.32. The Bertz CT molecular complexity index is 203. The fraction of sp³-hybridized carbons (Fsp3) is 0.750. The molecule has 12 heavy (non-hydrogen) atoms. The summed E-state index contributed by atoms with van der Waals surface area (Å²) in [6.45, 7) is 3.26. The molecule has 0 radical (unpaired) electrons. The van der Waals surface area contributed by atoms with Crippen molar-refractivity contribution in [3.63, 3.8) is 0 Å². The lowest BCUT2D eigenvalue weighted by molar-refractivity contribution is -0.128. The Balaban J connectivity index is 2.50. The van der Waals surface area contributed by atoms with Gasteiger partial charge in [-0.2, -0.15) is 0 Å². The van der Waals surface area contributed by atoms with Crippen molar-refractivity contribution in [3.05, 3.63) is 0 Å². The monoisotopic (exact) mass is 170 g/mol. The third-order valence-electron chi connectivity index (χ3n) is 2.11. The summed E-state index contributed by atoms with van der Waals surface area (Å²) in [6.07, 6.45) is 1.23. The highest BCUT2D eigenvalue weighted by Crippen LogP contribution is 2.16. The number of hydrogen-bond acceptors (Lipinski definition) is 2. The molecule has 0 bridgehead atoms. The van der Waals surface area contributed by atoms with Gasteiger partial charge in [-0.15, -0.1) is 0 Å². The first-order chi connectivity index (χ1) is 5.65. The standard InChI is InChI=1S/C8H14N2O2/c1-2-3-10-5-6(8(9)12)4-7(10)11/h6H,2-5H2,1H3,(H2,9,12)/t6-/m1/s1. The van der Waals surface area contributed by atoms with Gasteiger partial charge < -0.3 is 10.6 Å². The molecule has 0 unspecified atom stereocenters. The van der Waals surface area contributed by atoms with Crippen molar-refractivity contribution in [2.24, 2.45) is 11.7 Å². The Morgan fingerprint density at radius 2 is 2.42 bits per heavy atom. The number of likely N-dealkylation sites (tertiary alicyclic amines) is 1. The van der Waals surface area contributed by atoms with Gasteiger partial charge in [0.25, 0.3) is 0 Å². The van der Waals surface area contributed by atoms with Crippen LogP contribution in [0.25, 0.3) is 0 Å². The molecule has 0 aromatic rings. The summed E-state index contributed by atoms with van der Waals surface area (Å²) < 4.78 is 0. The average Bonchev–Trinajstić information content (AvgIpc) is 2.34. The van der Waals surface area contributed by atoms with Gasteiger partial charge in [-0.1, -0.05) is 6.92 Å². The Hall–Kier alpha value is -1.06. The van der Waals surface area contributed by atoms with Gasteiger partial charge in [-0.25, -0.2) is 0 Å². The maximum atomic E-state index is 11.2. The van der Waals surface area contributed by atoms with Gasteiger partial charge in [-0.3, -0.25) is 9.59 Å². The quantitative estimate of drug-likeness (QED) is 0.633. The van der Waals surface area contributed by atoms with E-state index < -0.39 is 0 Å². The molecule has 4 nitrogen and oxygen atoms in total. The van der Waals surface area contributed by atoms with Crippen LogP contribution in [0.15, 0.2) is 0 Å². The van der Waals surface area contributed by atoms with Gasteiger partial charge in [0, 0.05) is 19.5 Å². The number of nitrogens with zero attached hydrogens (tertiary/aromatic N) is 1. The van der Waals surface area contributed by atoms with E-state index in [1.165, 1.54) is 0 Å². The first-order valence-electron chi connectivity index (χ1n) is 4.22.